The third-order valence-electron chi connectivity index (χ3n) is 4.61. The third-order valence-corrected chi connectivity index (χ3v) is 4.61. The molecule has 0 aliphatic carbocycles. The van der Waals surface area contributed by atoms with E-state index < -0.39 is 0 Å². The van der Waals surface area contributed by atoms with Gasteiger partial charge >= 0.3 is 0 Å². The van der Waals surface area contributed by atoms with Crippen molar-refractivity contribution in [2.45, 2.75) is 20.4 Å². The van der Waals surface area contributed by atoms with Crippen molar-refractivity contribution < 1.29 is 9.21 Å². The second-order valence-corrected chi connectivity index (χ2v) is 6.51. The molecule has 2 heterocycles. The van der Waals surface area contributed by atoms with E-state index in [1.54, 1.807) is 17.1 Å². The molecule has 0 aliphatic rings. The van der Waals surface area contributed by atoms with Gasteiger partial charge in [0, 0.05) is 5.56 Å². The molecule has 0 unspecified atom stereocenters. The molecule has 1 amide bonds. The summed E-state index contributed by atoms with van der Waals surface area (Å²) in [6.07, 6.45) is 3.25. The second-order valence-electron chi connectivity index (χ2n) is 6.51. The topological polar surface area (TPSA) is 73.0 Å². The van der Waals surface area contributed by atoms with E-state index in [2.05, 4.69) is 15.4 Å². The third kappa shape index (κ3) is 3.44. The molecule has 0 saturated carbocycles. The molecule has 6 nitrogen and oxygen atoms in total. The fraction of sp³-hybridized carbons (Fsp3) is 0.136. The highest BCUT2D eigenvalue weighted by Crippen LogP contribution is 2.20. The van der Waals surface area contributed by atoms with Crippen molar-refractivity contribution in [2.75, 3.05) is 0 Å². The summed E-state index contributed by atoms with van der Waals surface area (Å²) in [5.74, 6) is 0.918. The molecule has 1 N–H and O–H groups in total. The average molecular weight is 372 g/mol. The Labute approximate surface area is 162 Å². The number of para-hydroxylation sites is 1. The highest BCUT2D eigenvalue weighted by Gasteiger charge is 2.16. The number of oxazole rings is 1. The Morgan fingerprint density at radius 1 is 1.04 bits per heavy atom. The van der Waals surface area contributed by atoms with E-state index in [4.69, 9.17) is 4.42 Å². The van der Waals surface area contributed by atoms with Crippen molar-refractivity contribution in [2.24, 2.45) is 0 Å². The molecule has 140 valence electrons. The number of nitrogens with one attached hydrogen (secondary N) is 1. The van der Waals surface area contributed by atoms with E-state index in [1.165, 1.54) is 0 Å². The van der Waals surface area contributed by atoms with Gasteiger partial charge in [0.05, 0.1) is 35.9 Å². The van der Waals surface area contributed by atoms with Crippen molar-refractivity contribution in [3.8, 4) is 17.0 Å². The normalized spacial score (nSPS) is 10.8. The molecule has 0 fully saturated rings. The Kier molecular flexibility index (Phi) is 4.76. The lowest BCUT2D eigenvalue weighted by Crippen LogP contribution is -2.23. The van der Waals surface area contributed by atoms with E-state index in [0.29, 0.717) is 17.2 Å². The minimum atomic E-state index is -0.211. The van der Waals surface area contributed by atoms with Crippen molar-refractivity contribution in [3.05, 3.63) is 89.7 Å². The number of hydrogen-bond acceptors (Lipinski definition) is 4. The molecule has 2 aromatic heterocycles. The molecular formula is C22H20N4O2. The van der Waals surface area contributed by atoms with Crippen molar-refractivity contribution in [1.82, 2.24) is 20.1 Å². The fourth-order valence-corrected chi connectivity index (χ4v) is 3.06. The van der Waals surface area contributed by atoms with Crippen LogP contribution in [0.5, 0.6) is 0 Å². The predicted molar refractivity (Wildman–Crippen MR) is 106 cm³/mol. The second kappa shape index (κ2) is 7.52. The zero-order valence-corrected chi connectivity index (χ0v) is 15.7. The molecule has 4 rings (SSSR count). The quantitative estimate of drug-likeness (QED) is 0.573. The molecule has 6 heteroatoms. The van der Waals surface area contributed by atoms with Gasteiger partial charge in [0.15, 0.2) is 5.76 Å². The van der Waals surface area contributed by atoms with Crippen molar-refractivity contribution in [3.63, 3.8) is 0 Å². The minimum Gasteiger partial charge on any atom is -0.439 e. The van der Waals surface area contributed by atoms with E-state index in [-0.39, 0.29) is 12.5 Å². The largest absolute Gasteiger partial charge is 0.439 e. The molecule has 4 aromatic rings. The summed E-state index contributed by atoms with van der Waals surface area (Å²) in [5.41, 5.74) is 4.30. The Balaban J connectivity index is 1.47. The van der Waals surface area contributed by atoms with Crippen LogP contribution >= 0.6 is 0 Å². The standard InChI is InChI=1S/C22H20N4O2/c1-15-8-6-7-11-19(15)26-16(2)18(12-25-26)22(27)24-14-21-23-13-20(28-21)17-9-4-3-5-10-17/h3-13H,14H2,1-2H3,(H,24,27). The lowest BCUT2D eigenvalue weighted by atomic mass is 10.2. The van der Waals surface area contributed by atoms with Crippen LogP contribution in [-0.2, 0) is 6.54 Å². The predicted octanol–water partition coefficient (Wildman–Crippen LogP) is 4.07. The zero-order valence-electron chi connectivity index (χ0n) is 15.7. The van der Waals surface area contributed by atoms with Gasteiger partial charge in [-0.25, -0.2) is 9.67 Å². The number of amides is 1. The average Bonchev–Trinajstić information content (AvgIpc) is 3.34. The van der Waals surface area contributed by atoms with Gasteiger partial charge in [-0.05, 0) is 25.5 Å². The lowest BCUT2D eigenvalue weighted by molar-refractivity contribution is 0.0946. The molecule has 0 bridgehead atoms. The van der Waals surface area contributed by atoms with Crippen LogP contribution < -0.4 is 5.32 Å². The molecule has 0 saturated heterocycles. The van der Waals surface area contributed by atoms with Gasteiger partial charge in [0.25, 0.3) is 5.91 Å². The van der Waals surface area contributed by atoms with Gasteiger partial charge in [-0.15, -0.1) is 0 Å². The first kappa shape index (κ1) is 17.7. The number of aromatic nitrogens is 3. The molecule has 0 radical (unpaired) electrons. The van der Waals surface area contributed by atoms with E-state index in [0.717, 1.165) is 22.5 Å². The number of hydrogen-bond donors (Lipinski definition) is 1. The van der Waals surface area contributed by atoms with Crippen LogP contribution in [0.3, 0.4) is 0 Å². The van der Waals surface area contributed by atoms with Crippen LogP contribution in [0.15, 0.2) is 71.4 Å². The van der Waals surface area contributed by atoms with Gasteiger partial charge in [-0.3, -0.25) is 4.79 Å². The molecular weight excluding hydrogens is 352 g/mol. The summed E-state index contributed by atoms with van der Waals surface area (Å²) in [6.45, 7) is 4.11. The summed E-state index contributed by atoms with van der Waals surface area (Å²) >= 11 is 0. The van der Waals surface area contributed by atoms with Crippen LogP contribution in [0, 0.1) is 13.8 Å². The van der Waals surface area contributed by atoms with Gasteiger partial charge in [0.2, 0.25) is 5.89 Å². The Morgan fingerprint density at radius 3 is 2.57 bits per heavy atom. The zero-order chi connectivity index (χ0) is 19.5. The molecule has 0 atom stereocenters. The molecule has 0 spiro atoms. The minimum absolute atomic E-state index is 0.209. The summed E-state index contributed by atoms with van der Waals surface area (Å²) in [5, 5.41) is 7.24. The Hall–Kier alpha value is -3.67. The molecule has 2 aromatic carbocycles. The van der Waals surface area contributed by atoms with Crippen LogP contribution in [0.25, 0.3) is 17.0 Å². The highest BCUT2D eigenvalue weighted by molar-refractivity contribution is 5.95. The van der Waals surface area contributed by atoms with Gasteiger partial charge < -0.3 is 9.73 Å². The number of aryl methyl sites for hydroxylation is 1. The van der Waals surface area contributed by atoms with Gasteiger partial charge in [-0.2, -0.15) is 5.10 Å². The monoisotopic (exact) mass is 372 g/mol. The van der Waals surface area contributed by atoms with Crippen molar-refractivity contribution in [1.29, 1.82) is 0 Å². The maximum Gasteiger partial charge on any atom is 0.255 e. The summed E-state index contributed by atoms with van der Waals surface area (Å²) < 4.78 is 7.51. The number of carbonyl (C=O) groups excluding carboxylic acids is 1. The summed E-state index contributed by atoms with van der Waals surface area (Å²) in [7, 11) is 0. The first-order valence-electron chi connectivity index (χ1n) is 9.02. The number of rotatable bonds is 5. The first-order valence-corrected chi connectivity index (χ1v) is 9.02. The smallest absolute Gasteiger partial charge is 0.255 e. The fourth-order valence-electron chi connectivity index (χ4n) is 3.06. The molecule has 0 aliphatic heterocycles. The van der Waals surface area contributed by atoms with E-state index in [1.807, 2.05) is 68.4 Å². The van der Waals surface area contributed by atoms with Crippen LogP contribution in [0.4, 0.5) is 0 Å². The van der Waals surface area contributed by atoms with Crippen molar-refractivity contribution >= 4 is 5.91 Å². The summed E-state index contributed by atoms with van der Waals surface area (Å²) in [6, 6.07) is 17.7. The maximum atomic E-state index is 12.6. The SMILES string of the molecule is Cc1ccccc1-n1ncc(C(=O)NCc2ncc(-c3ccccc3)o2)c1C. The van der Waals surface area contributed by atoms with E-state index in [9.17, 15) is 4.79 Å². The van der Waals surface area contributed by atoms with Gasteiger partial charge in [-0.1, -0.05) is 48.5 Å². The molecule has 28 heavy (non-hydrogen) atoms. The van der Waals surface area contributed by atoms with E-state index >= 15 is 0 Å². The Bertz CT molecular complexity index is 1110. The highest BCUT2D eigenvalue weighted by atomic mass is 16.4. The first-order chi connectivity index (χ1) is 13.6. The van der Waals surface area contributed by atoms with Gasteiger partial charge in [0.1, 0.15) is 0 Å². The van der Waals surface area contributed by atoms with Crippen LogP contribution in [-0.4, -0.2) is 20.7 Å². The van der Waals surface area contributed by atoms with Crippen LogP contribution in [0.1, 0.15) is 27.5 Å². The number of carbonyl (C=O) groups is 1. The number of nitrogens with zero attached hydrogens (tertiary/aromatic N) is 3. The summed E-state index contributed by atoms with van der Waals surface area (Å²) in [4.78, 5) is 16.9. The Morgan fingerprint density at radius 2 is 1.79 bits per heavy atom. The van der Waals surface area contributed by atoms with Crippen LogP contribution in [0.2, 0.25) is 0 Å². The lowest BCUT2D eigenvalue weighted by Gasteiger charge is -2.08. The number of benzene rings is 2. The maximum absolute atomic E-state index is 12.6.